The van der Waals surface area contributed by atoms with Crippen molar-refractivity contribution in [2.24, 2.45) is 0 Å². The van der Waals surface area contributed by atoms with Gasteiger partial charge in [0.1, 0.15) is 17.1 Å². The number of para-hydroxylation sites is 2. The predicted molar refractivity (Wildman–Crippen MR) is 245 cm³/mol. The van der Waals surface area contributed by atoms with Gasteiger partial charge in [0.15, 0.2) is 11.4 Å². The molecule has 4 heterocycles. The van der Waals surface area contributed by atoms with Crippen molar-refractivity contribution >= 4 is 41.2 Å². The summed E-state index contributed by atoms with van der Waals surface area (Å²) in [6, 6.07) is 51.2. The van der Waals surface area contributed by atoms with E-state index in [1.54, 1.807) is 16.8 Å². The minimum absolute atomic E-state index is 0. The maximum atomic E-state index is 11.4. The number of fused-ring (bicyclic) bond motifs is 4. The van der Waals surface area contributed by atoms with Gasteiger partial charge in [-0.15, -0.1) is 34.4 Å². The minimum Gasteiger partial charge on any atom is -0.507 e. The van der Waals surface area contributed by atoms with Crippen molar-refractivity contribution in [1.82, 2.24) is 29.1 Å². The molecule has 10 rings (SSSR count). The molecule has 10 heteroatoms. The SMILES string of the molecule is CC(C)(C)c1cc(-c2cc3c(cn2)oc2nc(-c4ccccc4)nn23)[c-]c(-c2cccc3c2nc(-c2ccccc2O)n3-c2ccc([Si](C)(C)C)cc2-c2ccccc2)c1.[Pt]. The molecule has 0 fully saturated rings. The average molecular weight is 995 g/mol. The maximum Gasteiger partial charge on any atom is 0.326 e. The fourth-order valence-corrected chi connectivity index (χ4v) is 9.05. The second-order valence-electron chi connectivity index (χ2n) is 17.4. The van der Waals surface area contributed by atoms with Gasteiger partial charge in [0, 0.05) is 37.9 Å². The minimum atomic E-state index is -1.68. The van der Waals surface area contributed by atoms with Gasteiger partial charge in [0.25, 0.3) is 0 Å². The van der Waals surface area contributed by atoms with Crippen LogP contribution in [0.3, 0.4) is 0 Å². The molecule has 0 bridgehead atoms. The number of phenols is 1. The van der Waals surface area contributed by atoms with E-state index in [2.05, 4.69) is 129 Å². The fraction of sp³-hybridized carbons (Fsp3) is 0.137. The Balaban J connectivity index is 0.00000476. The van der Waals surface area contributed by atoms with Crippen LogP contribution >= 0.6 is 0 Å². The van der Waals surface area contributed by atoms with E-state index in [0.717, 1.165) is 66.9 Å². The molecule has 0 saturated carbocycles. The van der Waals surface area contributed by atoms with Gasteiger partial charge >= 0.3 is 5.84 Å². The van der Waals surface area contributed by atoms with Crippen LogP contribution in [0.4, 0.5) is 0 Å². The molecule has 0 radical (unpaired) electrons. The molecule has 4 aromatic heterocycles. The van der Waals surface area contributed by atoms with E-state index in [0.29, 0.717) is 28.6 Å². The van der Waals surface area contributed by atoms with Gasteiger partial charge in [-0.25, -0.2) is 4.98 Å². The summed E-state index contributed by atoms with van der Waals surface area (Å²) < 4.78 is 10.1. The molecule has 10 aromatic rings. The summed E-state index contributed by atoms with van der Waals surface area (Å²) in [5.74, 6) is 1.82. The quantitative estimate of drug-likeness (QED) is 0.126. The molecular formula is C51H43N6O2PtSi-. The molecule has 0 saturated heterocycles. The number of benzene rings is 6. The first-order valence-electron chi connectivity index (χ1n) is 20.2. The number of rotatable bonds is 7. The van der Waals surface area contributed by atoms with E-state index in [-0.39, 0.29) is 32.2 Å². The van der Waals surface area contributed by atoms with Gasteiger partial charge in [0.05, 0.1) is 36.6 Å². The molecule has 61 heavy (non-hydrogen) atoms. The van der Waals surface area contributed by atoms with Gasteiger partial charge in [-0.1, -0.05) is 154 Å². The Hall–Kier alpha value is -6.41. The summed E-state index contributed by atoms with van der Waals surface area (Å²) in [6.07, 6.45) is 1.74. The van der Waals surface area contributed by atoms with Crippen molar-refractivity contribution in [3.05, 3.63) is 157 Å². The Kier molecular flexibility index (Phi) is 10.0. The van der Waals surface area contributed by atoms with Gasteiger partial charge in [-0.05, 0) is 41.3 Å². The van der Waals surface area contributed by atoms with Crippen LogP contribution in [0, 0.1) is 6.07 Å². The van der Waals surface area contributed by atoms with Crippen LogP contribution in [-0.4, -0.2) is 42.3 Å². The maximum absolute atomic E-state index is 11.4. The zero-order valence-electron chi connectivity index (χ0n) is 34.7. The van der Waals surface area contributed by atoms with Gasteiger partial charge in [0.2, 0.25) is 0 Å². The Bertz CT molecular complexity index is 3250. The molecule has 304 valence electrons. The number of imidazole rings is 1. The normalized spacial score (nSPS) is 12.0. The molecule has 6 aromatic carbocycles. The zero-order valence-corrected chi connectivity index (χ0v) is 38.0. The molecule has 0 unspecified atom stereocenters. The Morgan fingerprint density at radius 3 is 2.08 bits per heavy atom. The summed E-state index contributed by atoms with van der Waals surface area (Å²) in [5.41, 5.74) is 12.2. The van der Waals surface area contributed by atoms with Crippen molar-refractivity contribution < 1.29 is 30.6 Å². The number of oxazole rings is 1. The topological polar surface area (TPSA) is 94.3 Å². The number of aromatic hydroxyl groups is 1. The Labute approximate surface area is 369 Å². The van der Waals surface area contributed by atoms with Crippen molar-refractivity contribution in [2.45, 2.75) is 45.8 Å². The standard InChI is InChI=1S/C51H43N6O2Si.Pt/c1-51(2,3)36-27-34(26-35(28-36)41-30-44-46(31-52-41)59-50-54-48(55-57(44)50)33-18-11-8-12-19-33)38-21-15-22-43-47(38)53-49(39-20-13-14-23-45(39)58)56(43)42-25-24-37(60(4,5)6)29-40(42)32-16-9-7-10-17-32;/h7-25,27-31,58H,1-6H3;/q-1;. The summed E-state index contributed by atoms with van der Waals surface area (Å²) in [6.45, 7) is 13.8. The van der Waals surface area contributed by atoms with Gasteiger partial charge in [-0.2, -0.15) is 9.50 Å². The molecule has 1 N–H and O–H groups in total. The molecule has 0 amide bonds. The number of phenolic OH excluding ortho intramolecular Hbond substituents is 1. The van der Waals surface area contributed by atoms with E-state index >= 15 is 0 Å². The molecule has 0 aliphatic rings. The number of nitrogens with zero attached hydrogens (tertiary/aromatic N) is 6. The first-order valence-corrected chi connectivity index (χ1v) is 23.7. The van der Waals surface area contributed by atoms with Crippen LogP contribution < -0.4 is 5.19 Å². The molecule has 0 spiro atoms. The van der Waals surface area contributed by atoms with Gasteiger partial charge < -0.3 is 9.52 Å². The first-order chi connectivity index (χ1) is 28.9. The van der Waals surface area contributed by atoms with Gasteiger partial charge in [-0.3, -0.25) is 9.55 Å². The largest absolute Gasteiger partial charge is 0.507 e. The van der Waals surface area contributed by atoms with Crippen molar-refractivity contribution in [3.8, 4) is 67.7 Å². The number of hydrogen-bond donors (Lipinski definition) is 1. The fourth-order valence-electron chi connectivity index (χ4n) is 7.89. The Morgan fingerprint density at radius 2 is 1.36 bits per heavy atom. The van der Waals surface area contributed by atoms with Crippen LogP contribution in [0.25, 0.3) is 90.0 Å². The van der Waals surface area contributed by atoms with E-state index in [1.165, 1.54) is 5.19 Å². The second kappa shape index (κ2) is 15.2. The number of aromatic nitrogens is 6. The van der Waals surface area contributed by atoms with E-state index < -0.39 is 8.07 Å². The monoisotopic (exact) mass is 994 g/mol. The summed E-state index contributed by atoms with van der Waals surface area (Å²) in [4.78, 5) is 15.0. The smallest absolute Gasteiger partial charge is 0.326 e. The van der Waals surface area contributed by atoms with Crippen molar-refractivity contribution in [3.63, 3.8) is 0 Å². The third-order valence-electron chi connectivity index (χ3n) is 11.2. The second-order valence-corrected chi connectivity index (χ2v) is 22.5. The molecular weight excluding hydrogens is 952 g/mol. The average Bonchev–Trinajstić information content (AvgIpc) is 3.95. The number of pyridine rings is 1. The summed E-state index contributed by atoms with van der Waals surface area (Å²) in [7, 11) is -1.68. The number of hydrogen-bond acceptors (Lipinski definition) is 6. The van der Waals surface area contributed by atoms with Crippen molar-refractivity contribution in [1.29, 1.82) is 0 Å². The van der Waals surface area contributed by atoms with E-state index in [9.17, 15) is 5.11 Å². The van der Waals surface area contributed by atoms with Crippen LogP contribution in [0.1, 0.15) is 26.3 Å². The summed E-state index contributed by atoms with van der Waals surface area (Å²) >= 11 is 0. The van der Waals surface area contributed by atoms with Crippen LogP contribution in [0.5, 0.6) is 5.75 Å². The third kappa shape index (κ3) is 7.21. The molecule has 0 aliphatic heterocycles. The Morgan fingerprint density at radius 1 is 0.672 bits per heavy atom. The van der Waals surface area contributed by atoms with Crippen LogP contribution in [0.15, 0.2) is 150 Å². The predicted octanol–water partition coefficient (Wildman–Crippen LogP) is 11.9. The van der Waals surface area contributed by atoms with E-state index in [1.807, 2.05) is 60.7 Å². The third-order valence-corrected chi connectivity index (χ3v) is 13.2. The van der Waals surface area contributed by atoms with Crippen molar-refractivity contribution in [2.75, 3.05) is 0 Å². The van der Waals surface area contributed by atoms with E-state index in [4.69, 9.17) is 19.5 Å². The van der Waals surface area contributed by atoms with Crippen LogP contribution in [-0.2, 0) is 26.5 Å². The molecule has 8 nitrogen and oxygen atoms in total. The molecule has 0 atom stereocenters. The first kappa shape index (κ1) is 40.0. The zero-order chi connectivity index (χ0) is 41.3. The summed E-state index contributed by atoms with van der Waals surface area (Å²) in [5, 5.41) is 17.6. The van der Waals surface area contributed by atoms with Crippen LogP contribution in [0.2, 0.25) is 19.6 Å². The molecule has 0 aliphatic carbocycles.